The predicted octanol–water partition coefficient (Wildman–Crippen LogP) is -3.25. The summed E-state index contributed by atoms with van der Waals surface area (Å²) in [7, 11) is -7.85. The van der Waals surface area contributed by atoms with Gasteiger partial charge in [0.15, 0.2) is 6.29 Å². The second-order valence-corrected chi connectivity index (χ2v) is 7.54. The van der Waals surface area contributed by atoms with Gasteiger partial charge in [0.1, 0.15) is 24.4 Å². The maximum Gasteiger partial charge on any atom is 0.264 e. The summed E-state index contributed by atoms with van der Waals surface area (Å²) in [5.41, 5.74) is 0. The van der Waals surface area contributed by atoms with E-state index in [9.17, 15) is 32.2 Å². The van der Waals surface area contributed by atoms with Gasteiger partial charge >= 0.3 is 0 Å². The van der Waals surface area contributed by atoms with E-state index in [1.165, 1.54) is 0 Å². The molecule has 0 bridgehead atoms. The Balaban J connectivity index is 2.84. The number of aliphatic hydroxyl groups is 3. The molecule has 1 rings (SSSR count). The molecule has 0 aromatic carbocycles. The van der Waals surface area contributed by atoms with Gasteiger partial charge in [-0.25, -0.2) is 0 Å². The fourth-order valence-corrected chi connectivity index (χ4v) is 2.57. The monoisotopic (exact) mass is 336 g/mol. The Morgan fingerprint density at radius 1 is 1.00 bits per heavy atom. The van der Waals surface area contributed by atoms with Crippen molar-refractivity contribution in [1.29, 1.82) is 0 Å². The molecule has 0 spiro atoms. The summed E-state index contributed by atoms with van der Waals surface area (Å²) in [5, 5.41) is 28.7. The molecule has 12 heteroatoms. The highest BCUT2D eigenvalue weighted by Gasteiger charge is 2.46. The van der Waals surface area contributed by atoms with Crippen LogP contribution in [-0.4, -0.2) is 82.0 Å². The van der Waals surface area contributed by atoms with Gasteiger partial charge in [-0.15, -0.1) is 0 Å². The number of rotatable bonds is 5. The Morgan fingerprint density at radius 3 is 2.00 bits per heavy atom. The Hall–Kier alpha value is -0.340. The summed E-state index contributed by atoms with van der Waals surface area (Å²) in [4.78, 5) is 0. The van der Waals surface area contributed by atoms with Crippen LogP contribution < -0.4 is 0 Å². The van der Waals surface area contributed by atoms with Crippen molar-refractivity contribution in [3.05, 3.63) is 0 Å². The van der Waals surface area contributed by atoms with Crippen molar-refractivity contribution in [3.63, 3.8) is 0 Å². The van der Waals surface area contributed by atoms with Crippen molar-refractivity contribution in [2.75, 3.05) is 19.1 Å². The molecule has 0 amide bonds. The average Bonchev–Trinajstić information content (AvgIpc) is 2.25. The molecule has 10 nitrogen and oxygen atoms in total. The lowest BCUT2D eigenvalue weighted by Gasteiger charge is -2.39. The second-order valence-electron chi connectivity index (χ2n) is 4.30. The van der Waals surface area contributed by atoms with E-state index in [1.54, 1.807) is 0 Å². The van der Waals surface area contributed by atoms with Crippen LogP contribution in [0.2, 0.25) is 0 Å². The quantitative estimate of drug-likeness (QED) is 0.435. The Kier molecular flexibility index (Phi) is 5.48. The smallest absolute Gasteiger partial charge is 0.264 e. The zero-order valence-electron chi connectivity index (χ0n) is 10.6. The zero-order chi connectivity index (χ0) is 15.7. The molecule has 1 heterocycles. The topological polar surface area (TPSA) is 157 Å². The lowest BCUT2D eigenvalue weighted by atomic mass is 9.99. The lowest BCUT2D eigenvalue weighted by molar-refractivity contribution is -0.279. The molecule has 0 aromatic heterocycles. The lowest BCUT2D eigenvalue weighted by Crippen LogP contribution is -2.60. The highest BCUT2D eigenvalue weighted by atomic mass is 32.2. The molecule has 1 aliphatic heterocycles. The number of aliphatic hydroxyl groups excluding tert-OH is 3. The minimum Gasteiger partial charge on any atom is -0.387 e. The molecular weight excluding hydrogens is 320 g/mol. The van der Waals surface area contributed by atoms with Crippen molar-refractivity contribution in [3.8, 4) is 0 Å². The van der Waals surface area contributed by atoms with Crippen LogP contribution in [0.4, 0.5) is 0 Å². The summed E-state index contributed by atoms with van der Waals surface area (Å²) in [6.45, 7) is -0.673. The molecular formula is C8H16O10S2. The SMILES string of the molecule is CS(=O)(=O)OC[C@H]1OC(O)[C@H](O)[C@@H](OS(C)(=O)=O)[C@@H]1O. The Bertz CT molecular complexity index is 525. The van der Waals surface area contributed by atoms with E-state index in [0.717, 1.165) is 6.26 Å². The van der Waals surface area contributed by atoms with E-state index in [4.69, 9.17) is 4.74 Å². The first-order valence-electron chi connectivity index (χ1n) is 5.33. The van der Waals surface area contributed by atoms with Gasteiger partial charge in [0.2, 0.25) is 0 Å². The van der Waals surface area contributed by atoms with E-state index in [-0.39, 0.29) is 0 Å². The average molecular weight is 336 g/mol. The van der Waals surface area contributed by atoms with Crippen molar-refractivity contribution >= 4 is 20.2 Å². The van der Waals surface area contributed by atoms with Gasteiger partial charge in [-0.05, 0) is 0 Å². The van der Waals surface area contributed by atoms with E-state index >= 15 is 0 Å². The fraction of sp³-hybridized carbons (Fsp3) is 1.00. The standard InChI is InChI=1S/C8H16O10S2/c1-19(12,13)16-3-4-5(9)7(18-20(2,14)15)6(10)8(11)17-4/h4-11H,3H2,1-2H3/t4-,5-,6-,7+,8?/m1/s1. The van der Waals surface area contributed by atoms with Crippen molar-refractivity contribution in [2.24, 2.45) is 0 Å². The molecule has 1 aliphatic rings. The van der Waals surface area contributed by atoms with E-state index < -0.39 is 57.5 Å². The van der Waals surface area contributed by atoms with Crippen LogP contribution in [0.1, 0.15) is 0 Å². The molecule has 20 heavy (non-hydrogen) atoms. The van der Waals surface area contributed by atoms with Crippen molar-refractivity contribution in [1.82, 2.24) is 0 Å². The van der Waals surface area contributed by atoms with Crippen LogP contribution in [-0.2, 0) is 33.3 Å². The molecule has 0 saturated carbocycles. The molecule has 1 saturated heterocycles. The highest BCUT2D eigenvalue weighted by Crippen LogP contribution is 2.24. The molecule has 1 fully saturated rings. The highest BCUT2D eigenvalue weighted by molar-refractivity contribution is 7.86. The maximum atomic E-state index is 11.0. The second kappa shape index (κ2) is 6.19. The normalized spacial score (nSPS) is 36.0. The van der Waals surface area contributed by atoms with Crippen molar-refractivity contribution in [2.45, 2.75) is 30.7 Å². The first-order valence-corrected chi connectivity index (χ1v) is 8.96. The van der Waals surface area contributed by atoms with Crippen molar-refractivity contribution < 1.29 is 45.3 Å². The minimum atomic E-state index is -4.03. The van der Waals surface area contributed by atoms with Gasteiger partial charge in [0.25, 0.3) is 20.2 Å². The largest absolute Gasteiger partial charge is 0.387 e. The summed E-state index contributed by atoms with van der Waals surface area (Å²) in [6, 6.07) is 0. The Labute approximate surface area is 116 Å². The summed E-state index contributed by atoms with van der Waals surface area (Å²) >= 11 is 0. The summed E-state index contributed by atoms with van der Waals surface area (Å²) < 4.78 is 57.3. The third-order valence-corrected chi connectivity index (χ3v) is 3.53. The van der Waals surface area contributed by atoms with Gasteiger partial charge in [0, 0.05) is 0 Å². The van der Waals surface area contributed by atoms with Crippen LogP contribution in [0.3, 0.4) is 0 Å². The Morgan fingerprint density at radius 2 is 1.55 bits per heavy atom. The third kappa shape index (κ3) is 5.21. The van der Waals surface area contributed by atoms with Crippen LogP contribution >= 0.6 is 0 Å². The van der Waals surface area contributed by atoms with Crippen LogP contribution in [0.25, 0.3) is 0 Å². The number of hydrogen-bond donors (Lipinski definition) is 3. The van der Waals surface area contributed by atoms with Crippen LogP contribution in [0, 0.1) is 0 Å². The summed E-state index contributed by atoms with van der Waals surface area (Å²) in [5.74, 6) is 0. The van der Waals surface area contributed by atoms with Gasteiger partial charge in [0.05, 0.1) is 19.1 Å². The number of hydrogen-bond acceptors (Lipinski definition) is 10. The molecule has 1 unspecified atom stereocenters. The molecule has 120 valence electrons. The fourth-order valence-electron chi connectivity index (χ4n) is 1.56. The third-order valence-electron chi connectivity index (χ3n) is 2.39. The van der Waals surface area contributed by atoms with Crippen LogP contribution in [0.15, 0.2) is 0 Å². The molecule has 0 radical (unpaired) electrons. The van der Waals surface area contributed by atoms with E-state index in [0.29, 0.717) is 6.26 Å². The predicted molar refractivity (Wildman–Crippen MR) is 63.4 cm³/mol. The molecule has 0 aromatic rings. The van der Waals surface area contributed by atoms with Crippen LogP contribution in [0.5, 0.6) is 0 Å². The molecule has 0 aliphatic carbocycles. The van der Waals surface area contributed by atoms with E-state index in [1.807, 2.05) is 0 Å². The maximum absolute atomic E-state index is 11.0. The van der Waals surface area contributed by atoms with Gasteiger partial charge in [-0.2, -0.15) is 16.8 Å². The van der Waals surface area contributed by atoms with Gasteiger partial charge in [-0.3, -0.25) is 8.37 Å². The number of ether oxygens (including phenoxy) is 1. The minimum absolute atomic E-state index is 0.673. The van der Waals surface area contributed by atoms with Gasteiger partial charge < -0.3 is 20.1 Å². The molecule has 5 atom stereocenters. The van der Waals surface area contributed by atoms with E-state index in [2.05, 4.69) is 8.37 Å². The summed E-state index contributed by atoms with van der Waals surface area (Å²) in [6.07, 6.45) is -7.05. The zero-order valence-corrected chi connectivity index (χ0v) is 12.2. The molecule has 3 N–H and O–H groups in total. The first kappa shape index (κ1) is 17.7. The van der Waals surface area contributed by atoms with Gasteiger partial charge in [-0.1, -0.05) is 0 Å². The first-order chi connectivity index (χ1) is 8.91.